The number of nitrogens with one attached hydrogen (secondary N) is 1. The summed E-state index contributed by atoms with van der Waals surface area (Å²) in [6.45, 7) is 3.20. The number of nitrogens with two attached hydrogens (primary N) is 1. The largest absolute Gasteiger partial charge is 0.382 e. The summed E-state index contributed by atoms with van der Waals surface area (Å²) in [6.07, 6.45) is 1.63. The van der Waals surface area contributed by atoms with Crippen LogP contribution < -0.4 is 5.73 Å². The lowest BCUT2D eigenvalue weighted by Crippen LogP contribution is -2.61. The number of aromatic nitrogens is 4. The molecular weight excluding hydrogens is 443 g/mol. The fourth-order valence-corrected chi connectivity index (χ4v) is 4.96. The lowest BCUT2D eigenvalue weighted by Gasteiger charge is -2.47. The van der Waals surface area contributed by atoms with Gasteiger partial charge >= 0.3 is 0 Å². The fraction of sp³-hybridized carbons (Fsp3) is 0.375. The van der Waals surface area contributed by atoms with Crippen LogP contribution in [0.5, 0.6) is 0 Å². The summed E-state index contributed by atoms with van der Waals surface area (Å²) in [5, 5.41) is 0.688. The number of H-pyrrole nitrogens is 1. The van der Waals surface area contributed by atoms with E-state index >= 15 is 0 Å². The van der Waals surface area contributed by atoms with E-state index in [1.54, 1.807) is 18.3 Å². The van der Waals surface area contributed by atoms with Crippen molar-refractivity contribution >= 4 is 27.8 Å². The highest BCUT2D eigenvalue weighted by atomic mass is 19.3. The van der Waals surface area contributed by atoms with E-state index in [1.807, 2.05) is 12.1 Å². The molecule has 5 heterocycles. The van der Waals surface area contributed by atoms with E-state index < -0.39 is 11.7 Å². The van der Waals surface area contributed by atoms with Crippen LogP contribution in [0.1, 0.15) is 18.5 Å². The van der Waals surface area contributed by atoms with Crippen LogP contribution in [0.25, 0.3) is 33.3 Å². The van der Waals surface area contributed by atoms with E-state index in [4.69, 9.17) is 5.73 Å². The zero-order valence-corrected chi connectivity index (χ0v) is 18.4. The van der Waals surface area contributed by atoms with Crippen LogP contribution in [-0.2, 0) is 6.54 Å². The minimum atomic E-state index is -2.52. The monoisotopic (exact) mass is 467 g/mol. The van der Waals surface area contributed by atoms with Crippen molar-refractivity contribution in [3.05, 3.63) is 48.0 Å². The highest BCUT2D eigenvalue weighted by Gasteiger charge is 2.39. The van der Waals surface area contributed by atoms with Crippen molar-refractivity contribution in [2.75, 3.05) is 31.9 Å². The summed E-state index contributed by atoms with van der Waals surface area (Å²) in [5.74, 6) is -2.51. The normalized spacial score (nSPS) is 19.6. The summed E-state index contributed by atoms with van der Waals surface area (Å²) in [5.41, 5.74) is 9.19. The Bertz CT molecular complexity index is 1370. The van der Waals surface area contributed by atoms with Gasteiger partial charge in [-0.1, -0.05) is 0 Å². The smallest absolute Gasteiger partial charge is 0.250 e. The first-order chi connectivity index (χ1) is 16.4. The van der Waals surface area contributed by atoms with Crippen molar-refractivity contribution in [1.29, 1.82) is 0 Å². The molecule has 0 spiro atoms. The van der Waals surface area contributed by atoms with E-state index in [-0.39, 0.29) is 24.5 Å². The second-order valence-electron chi connectivity index (χ2n) is 9.20. The molecule has 0 amide bonds. The molecule has 176 valence electrons. The quantitative estimate of drug-likeness (QED) is 0.475. The molecule has 10 heteroatoms. The van der Waals surface area contributed by atoms with Crippen molar-refractivity contribution in [2.45, 2.75) is 31.4 Å². The molecule has 0 radical (unpaired) electrons. The Morgan fingerprint density at radius 2 is 1.82 bits per heavy atom. The lowest BCUT2D eigenvalue weighted by molar-refractivity contribution is -0.0807. The molecular formula is C24H24F3N7. The topological polar surface area (TPSA) is 87.0 Å². The molecule has 7 nitrogen and oxygen atoms in total. The van der Waals surface area contributed by atoms with Gasteiger partial charge in [0.15, 0.2) is 11.6 Å². The molecule has 0 saturated carbocycles. The molecule has 34 heavy (non-hydrogen) atoms. The third-order valence-corrected chi connectivity index (χ3v) is 6.90. The summed E-state index contributed by atoms with van der Waals surface area (Å²) >= 11 is 0. The van der Waals surface area contributed by atoms with Crippen molar-refractivity contribution in [2.24, 2.45) is 0 Å². The Kier molecular flexibility index (Phi) is 4.96. The third-order valence-electron chi connectivity index (χ3n) is 6.90. The van der Waals surface area contributed by atoms with Gasteiger partial charge in [-0.2, -0.15) is 0 Å². The van der Waals surface area contributed by atoms with Gasteiger partial charge in [0, 0.05) is 68.7 Å². The summed E-state index contributed by atoms with van der Waals surface area (Å²) in [6, 6.07) is 8.88. The number of nitrogen functional groups attached to an aromatic ring is 1. The number of hydrogen-bond acceptors (Lipinski definition) is 6. The van der Waals surface area contributed by atoms with Gasteiger partial charge in [0.05, 0.1) is 16.8 Å². The molecule has 3 aromatic heterocycles. The number of rotatable bonds is 4. The average molecular weight is 467 g/mol. The van der Waals surface area contributed by atoms with Crippen molar-refractivity contribution in [1.82, 2.24) is 29.7 Å². The number of alkyl halides is 2. The van der Waals surface area contributed by atoms with Crippen LogP contribution in [0.3, 0.4) is 0 Å². The number of likely N-dealkylation sites (tertiary alicyclic amines) is 2. The highest BCUT2D eigenvalue weighted by molar-refractivity contribution is 5.95. The minimum absolute atomic E-state index is 0.0561. The Hall–Kier alpha value is -3.24. The molecule has 0 bridgehead atoms. The Labute approximate surface area is 193 Å². The van der Waals surface area contributed by atoms with Gasteiger partial charge in [-0.25, -0.2) is 28.1 Å². The van der Waals surface area contributed by atoms with E-state index in [0.717, 1.165) is 24.3 Å². The number of fused-ring (bicyclic) bond motifs is 2. The van der Waals surface area contributed by atoms with Crippen LogP contribution in [0.4, 0.5) is 19.0 Å². The molecule has 0 unspecified atom stereocenters. The first-order valence-corrected chi connectivity index (χ1v) is 11.4. The van der Waals surface area contributed by atoms with Crippen LogP contribution in [0.2, 0.25) is 0 Å². The zero-order chi connectivity index (χ0) is 23.4. The molecule has 1 aromatic carbocycles. The van der Waals surface area contributed by atoms with Crippen molar-refractivity contribution in [3.8, 4) is 11.4 Å². The average Bonchev–Trinajstić information content (AvgIpc) is 3.25. The lowest BCUT2D eigenvalue weighted by atomic mass is 10.0. The second kappa shape index (κ2) is 7.92. The second-order valence-corrected chi connectivity index (χ2v) is 9.20. The number of benzene rings is 1. The maximum atomic E-state index is 14.7. The molecule has 6 rings (SSSR count). The molecule has 4 aromatic rings. The number of hydrogen-bond donors (Lipinski definition) is 2. The maximum absolute atomic E-state index is 14.7. The van der Waals surface area contributed by atoms with Gasteiger partial charge in [0.2, 0.25) is 0 Å². The number of pyridine rings is 1. The van der Waals surface area contributed by atoms with Gasteiger partial charge in [-0.05, 0) is 30.3 Å². The maximum Gasteiger partial charge on any atom is 0.250 e. The Morgan fingerprint density at radius 1 is 1.03 bits per heavy atom. The van der Waals surface area contributed by atoms with Crippen molar-refractivity contribution in [3.63, 3.8) is 0 Å². The number of piperidine rings is 1. The first kappa shape index (κ1) is 21.3. The van der Waals surface area contributed by atoms with Crippen LogP contribution in [0.15, 0.2) is 36.5 Å². The standard InChI is InChI=1S/C24H24F3N7/c25-17-2-4-18-16(5-8-29-18)20(17)23-31-19-3-1-14(30-21(19)22(28)32-23)11-33-12-15(13-33)34-9-6-24(26,27)7-10-34/h1-5,8,15,29H,6-7,9-13H2,(H2,28,31,32). The molecule has 0 atom stereocenters. The summed E-state index contributed by atoms with van der Waals surface area (Å²) in [7, 11) is 0. The van der Waals surface area contributed by atoms with Gasteiger partial charge < -0.3 is 10.7 Å². The number of anilines is 1. The number of aromatic amines is 1. The number of halogens is 3. The fourth-order valence-electron chi connectivity index (χ4n) is 4.96. The van der Waals surface area contributed by atoms with Gasteiger partial charge in [0.1, 0.15) is 11.3 Å². The van der Waals surface area contributed by atoms with Crippen LogP contribution in [-0.4, -0.2) is 67.9 Å². The van der Waals surface area contributed by atoms with E-state index in [0.29, 0.717) is 47.7 Å². The molecule has 2 fully saturated rings. The van der Waals surface area contributed by atoms with Gasteiger partial charge in [-0.3, -0.25) is 9.80 Å². The predicted molar refractivity (Wildman–Crippen MR) is 124 cm³/mol. The third kappa shape index (κ3) is 3.76. The van der Waals surface area contributed by atoms with E-state index in [1.165, 1.54) is 6.07 Å². The highest BCUT2D eigenvalue weighted by Crippen LogP contribution is 2.32. The SMILES string of the molecule is Nc1nc(-c2c(F)ccc3[nH]ccc23)nc2ccc(CN3CC(N4CCC(F)(F)CC4)C3)nc12. The van der Waals surface area contributed by atoms with Crippen LogP contribution in [0, 0.1) is 5.82 Å². The van der Waals surface area contributed by atoms with Crippen molar-refractivity contribution < 1.29 is 13.2 Å². The van der Waals surface area contributed by atoms with E-state index in [9.17, 15) is 13.2 Å². The predicted octanol–water partition coefficient (Wildman–Crippen LogP) is 3.81. The molecule has 0 aliphatic carbocycles. The first-order valence-electron chi connectivity index (χ1n) is 11.4. The number of nitrogens with zero attached hydrogens (tertiary/aromatic N) is 5. The summed E-state index contributed by atoms with van der Waals surface area (Å²) < 4.78 is 41.5. The minimum Gasteiger partial charge on any atom is -0.382 e. The summed E-state index contributed by atoms with van der Waals surface area (Å²) in [4.78, 5) is 21.0. The van der Waals surface area contributed by atoms with E-state index in [2.05, 4.69) is 29.7 Å². The Morgan fingerprint density at radius 3 is 2.62 bits per heavy atom. The zero-order valence-electron chi connectivity index (χ0n) is 18.4. The molecule has 2 aliphatic rings. The van der Waals surface area contributed by atoms with Crippen LogP contribution >= 0.6 is 0 Å². The van der Waals surface area contributed by atoms with Gasteiger partial charge in [-0.15, -0.1) is 0 Å². The molecule has 2 aliphatic heterocycles. The molecule has 2 saturated heterocycles. The Balaban J connectivity index is 1.19. The van der Waals surface area contributed by atoms with Gasteiger partial charge in [0.25, 0.3) is 5.92 Å². The molecule has 3 N–H and O–H groups in total.